The molecule has 2 aliphatic rings. The van der Waals surface area contributed by atoms with Gasteiger partial charge in [0.05, 0.1) is 17.6 Å². The Bertz CT molecular complexity index is 1160. The molecule has 0 saturated heterocycles. The number of hydrogen-bond acceptors (Lipinski definition) is 4. The lowest BCUT2D eigenvalue weighted by atomic mass is 9.74. The molecule has 1 aliphatic carbocycles. The molecule has 158 valence electrons. The Hall–Kier alpha value is -3.27. The van der Waals surface area contributed by atoms with Gasteiger partial charge in [0, 0.05) is 24.2 Å². The van der Waals surface area contributed by atoms with Gasteiger partial charge in [-0.15, -0.1) is 0 Å². The van der Waals surface area contributed by atoms with E-state index >= 15 is 0 Å². The van der Waals surface area contributed by atoms with E-state index in [2.05, 4.69) is 73.5 Å². The van der Waals surface area contributed by atoms with E-state index in [0.29, 0.717) is 13.0 Å². The molecule has 0 saturated carbocycles. The molecule has 0 spiro atoms. The fourth-order valence-corrected chi connectivity index (χ4v) is 4.98. The Balaban J connectivity index is 1.72. The number of rotatable bonds is 3. The molecule has 5 rings (SSSR count). The SMILES string of the molecule is Cc1cccc(CN2c3ccccc3NC3=C(C(=O)CC(C)(C)C3)[C@@H]2c2ccco2)c1. The zero-order chi connectivity index (χ0) is 21.6. The molecule has 2 heterocycles. The van der Waals surface area contributed by atoms with E-state index in [1.54, 1.807) is 6.26 Å². The number of hydrogen-bond donors (Lipinski definition) is 1. The predicted octanol–water partition coefficient (Wildman–Crippen LogP) is 6.40. The molecule has 3 aromatic rings. The molecule has 1 atom stereocenters. The molecule has 1 aromatic heterocycles. The van der Waals surface area contributed by atoms with Crippen LogP contribution in [0, 0.1) is 12.3 Å². The average Bonchev–Trinajstić information content (AvgIpc) is 3.19. The molecule has 0 fully saturated rings. The van der Waals surface area contributed by atoms with Gasteiger partial charge in [-0.1, -0.05) is 55.8 Å². The maximum Gasteiger partial charge on any atom is 0.163 e. The van der Waals surface area contributed by atoms with E-state index in [0.717, 1.165) is 34.8 Å². The number of para-hydroxylation sites is 2. The second kappa shape index (κ2) is 7.45. The third kappa shape index (κ3) is 3.67. The van der Waals surface area contributed by atoms with Crippen molar-refractivity contribution in [1.82, 2.24) is 0 Å². The Labute approximate surface area is 183 Å². The van der Waals surface area contributed by atoms with Gasteiger partial charge in [0.15, 0.2) is 5.78 Å². The largest absolute Gasteiger partial charge is 0.467 e. The summed E-state index contributed by atoms with van der Waals surface area (Å²) in [5.41, 5.74) is 6.31. The highest BCUT2D eigenvalue weighted by Gasteiger charge is 2.42. The molecule has 1 aliphatic heterocycles. The van der Waals surface area contributed by atoms with Crippen LogP contribution < -0.4 is 10.2 Å². The molecule has 0 unspecified atom stereocenters. The number of nitrogens with zero attached hydrogens (tertiary/aromatic N) is 1. The monoisotopic (exact) mass is 412 g/mol. The van der Waals surface area contributed by atoms with Crippen LogP contribution >= 0.6 is 0 Å². The number of carbonyl (C=O) groups excluding carboxylic acids is 1. The Kier molecular flexibility index (Phi) is 4.73. The Morgan fingerprint density at radius 2 is 1.90 bits per heavy atom. The van der Waals surface area contributed by atoms with Crippen molar-refractivity contribution in [1.29, 1.82) is 0 Å². The Morgan fingerprint density at radius 3 is 2.68 bits per heavy atom. The van der Waals surface area contributed by atoms with Crippen molar-refractivity contribution in [3.05, 3.63) is 95.1 Å². The molecule has 0 radical (unpaired) electrons. The van der Waals surface area contributed by atoms with Gasteiger partial charge >= 0.3 is 0 Å². The number of nitrogens with one attached hydrogen (secondary N) is 1. The molecular formula is C27H28N2O2. The van der Waals surface area contributed by atoms with Gasteiger partial charge in [0.1, 0.15) is 11.8 Å². The number of Topliss-reactive ketones (excluding diaryl/α,β-unsaturated/α-hetero) is 1. The van der Waals surface area contributed by atoms with Gasteiger partial charge in [-0.25, -0.2) is 0 Å². The minimum atomic E-state index is -0.273. The van der Waals surface area contributed by atoms with Crippen LogP contribution in [-0.2, 0) is 11.3 Å². The molecule has 2 aromatic carbocycles. The molecule has 1 N–H and O–H groups in total. The lowest BCUT2D eigenvalue weighted by Crippen LogP contribution is -2.35. The van der Waals surface area contributed by atoms with Gasteiger partial charge < -0.3 is 14.6 Å². The maximum absolute atomic E-state index is 13.5. The summed E-state index contributed by atoms with van der Waals surface area (Å²) in [6, 6.07) is 20.5. The minimum absolute atomic E-state index is 0.0721. The standard InChI is InChI=1S/C27H28N2O2/c1-18-8-6-9-19(14-18)17-29-22-11-5-4-10-20(22)28-21-15-27(2,3)16-23(30)25(21)26(29)24-12-7-13-31-24/h4-14,26,28H,15-17H2,1-3H3/t26-/m0/s1. The van der Waals surface area contributed by atoms with Crippen molar-refractivity contribution in [2.45, 2.75) is 46.2 Å². The zero-order valence-corrected chi connectivity index (χ0v) is 18.3. The van der Waals surface area contributed by atoms with Gasteiger partial charge in [-0.3, -0.25) is 4.79 Å². The first kappa shape index (κ1) is 19.7. The normalized spacial score (nSPS) is 20.0. The second-order valence-corrected chi connectivity index (χ2v) is 9.51. The van der Waals surface area contributed by atoms with Gasteiger partial charge in [0.2, 0.25) is 0 Å². The second-order valence-electron chi connectivity index (χ2n) is 9.51. The summed E-state index contributed by atoms with van der Waals surface area (Å²) >= 11 is 0. The number of allylic oxidation sites excluding steroid dienone is 1. The highest BCUT2D eigenvalue weighted by molar-refractivity contribution is 6.01. The number of fused-ring (bicyclic) bond motifs is 1. The first-order chi connectivity index (χ1) is 14.9. The van der Waals surface area contributed by atoms with Gasteiger partial charge in [-0.2, -0.15) is 0 Å². The average molecular weight is 413 g/mol. The van der Waals surface area contributed by atoms with E-state index in [4.69, 9.17) is 4.42 Å². The summed E-state index contributed by atoms with van der Waals surface area (Å²) in [5.74, 6) is 0.994. The van der Waals surface area contributed by atoms with Crippen LogP contribution in [0.25, 0.3) is 0 Å². The minimum Gasteiger partial charge on any atom is -0.467 e. The van der Waals surface area contributed by atoms with E-state index in [-0.39, 0.29) is 17.2 Å². The van der Waals surface area contributed by atoms with Crippen LogP contribution in [0.2, 0.25) is 0 Å². The van der Waals surface area contributed by atoms with Crippen LogP contribution in [-0.4, -0.2) is 5.78 Å². The molecule has 31 heavy (non-hydrogen) atoms. The maximum atomic E-state index is 13.5. The summed E-state index contributed by atoms with van der Waals surface area (Å²) < 4.78 is 5.93. The van der Waals surface area contributed by atoms with Crippen LogP contribution in [0.1, 0.15) is 49.6 Å². The lowest BCUT2D eigenvalue weighted by molar-refractivity contribution is -0.118. The van der Waals surface area contributed by atoms with E-state index in [1.165, 1.54) is 11.1 Å². The van der Waals surface area contributed by atoms with Crippen molar-refractivity contribution in [3.63, 3.8) is 0 Å². The lowest BCUT2D eigenvalue weighted by Gasteiger charge is -2.37. The van der Waals surface area contributed by atoms with Crippen molar-refractivity contribution < 1.29 is 9.21 Å². The van der Waals surface area contributed by atoms with Crippen molar-refractivity contribution in [3.8, 4) is 0 Å². The quantitative estimate of drug-likeness (QED) is 0.540. The van der Waals surface area contributed by atoms with E-state index in [1.807, 2.05) is 18.2 Å². The summed E-state index contributed by atoms with van der Waals surface area (Å²) in [4.78, 5) is 15.9. The highest BCUT2D eigenvalue weighted by Crippen LogP contribution is 2.48. The summed E-state index contributed by atoms with van der Waals surface area (Å²) in [6.45, 7) is 7.12. The summed E-state index contributed by atoms with van der Waals surface area (Å²) in [5, 5.41) is 3.64. The van der Waals surface area contributed by atoms with Crippen molar-refractivity contribution in [2.24, 2.45) is 5.41 Å². The summed E-state index contributed by atoms with van der Waals surface area (Å²) in [6.07, 6.45) is 3.07. The third-order valence-electron chi connectivity index (χ3n) is 6.25. The topological polar surface area (TPSA) is 45.5 Å². The Morgan fingerprint density at radius 1 is 1.06 bits per heavy atom. The smallest absolute Gasteiger partial charge is 0.163 e. The van der Waals surface area contributed by atoms with Crippen LogP contribution in [0.3, 0.4) is 0 Å². The molecule has 0 bridgehead atoms. The number of furan rings is 1. The molecule has 0 amide bonds. The van der Waals surface area contributed by atoms with Crippen LogP contribution in [0.4, 0.5) is 11.4 Å². The fourth-order valence-electron chi connectivity index (χ4n) is 4.98. The number of carbonyl (C=O) groups is 1. The van der Waals surface area contributed by atoms with Gasteiger partial charge in [-0.05, 0) is 48.6 Å². The highest BCUT2D eigenvalue weighted by atomic mass is 16.3. The number of anilines is 2. The predicted molar refractivity (Wildman–Crippen MR) is 124 cm³/mol. The first-order valence-electron chi connectivity index (χ1n) is 10.9. The van der Waals surface area contributed by atoms with E-state index in [9.17, 15) is 4.79 Å². The number of benzene rings is 2. The number of aryl methyl sites for hydroxylation is 1. The van der Waals surface area contributed by atoms with Crippen molar-refractivity contribution in [2.75, 3.05) is 10.2 Å². The van der Waals surface area contributed by atoms with Crippen molar-refractivity contribution >= 4 is 17.2 Å². The fraction of sp³-hybridized carbons (Fsp3) is 0.296. The first-order valence-corrected chi connectivity index (χ1v) is 10.9. The zero-order valence-electron chi connectivity index (χ0n) is 18.3. The third-order valence-corrected chi connectivity index (χ3v) is 6.25. The number of ketones is 1. The molecular weight excluding hydrogens is 384 g/mol. The van der Waals surface area contributed by atoms with Crippen LogP contribution in [0.15, 0.2) is 82.6 Å². The molecule has 4 heteroatoms. The van der Waals surface area contributed by atoms with E-state index < -0.39 is 0 Å². The summed E-state index contributed by atoms with van der Waals surface area (Å²) in [7, 11) is 0. The van der Waals surface area contributed by atoms with Crippen LogP contribution in [0.5, 0.6) is 0 Å². The van der Waals surface area contributed by atoms with Gasteiger partial charge in [0.25, 0.3) is 0 Å². The molecule has 4 nitrogen and oxygen atoms in total.